The average molecular weight is 584 g/mol. The first kappa shape index (κ1) is 28.1. The van der Waals surface area contributed by atoms with E-state index in [9.17, 15) is 4.79 Å². The van der Waals surface area contributed by atoms with Crippen LogP contribution in [0.15, 0.2) is 89.7 Å². The molecule has 2 atom stereocenters. The third kappa shape index (κ3) is 4.15. The molecule has 0 radical (unpaired) electrons. The first-order valence-corrected chi connectivity index (χ1v) is 16.9. The summed E-state index contributed by atoms with van der Waals surface area (Å²) in [5.74, 6) is 0.684. The Morgan fingerprint density at radius 3 is 2.55 bits per heavy atom. The number of carbonyl (C=O) groups is 1. The number of hydrogen-bond acceptors (Lipinski definition) is 3. The van der Waals surface area contributed by atoms with E-state index < -0.39 is 0 Å². The number of benzene rings is 3. The molecular weight excluding hydrogens is 538 g/mol. The van der Waals surface area contributed by atoms with Crippen molar-refractivity contribution in [2.24, 2.45) is 5.92 Å². The lowest BCUT2D eigenvalue weighted by Gasteiger charge is -2.43. The summed E-state index contributed by atoms with van der Waals surface area (Å²) in [4.78, 5) is 15.5. The van der Waals surface area contributed by atoms with Gasteiger partial charge in [0.2, 0.25) is 0 Å². The largest absolute Gasteiger partial charge is 0.365 e. The van der Waals surface area contributed by atoms with Gasteiger partial charge >= 0.3 is 0 Å². The van der Waals surface area contributed by atoms with Crippen molar-refractivity contribution >= 4 is 22.2 Å². The van der Waals surface area contributed by atoms with Crippen LogP contribution in [0.2, 0.25) is 0 Å². The fourth-order valence-corrected chi connectivity index (χ4v) is 8.97. The first-order chi connectivity index (χ1) is 21.1. The predicted molar refractivity (Wildman–Crippen MR) is 180 cm³/mol. The molecule has 0 aromatic heterocycles. The molecule has 5 aliphatic rings. The minimum absolute atomic E-state index is 0.0596. The third-order valence-corrected chi connectivity index (χ3v) is 11.7. The molecule has 2 unspecified atom stereocenters. The fraction of sp³-hybridized carbons (Fsp3) is 0.439. The minimum Gasteiger partial charge on any atom is -0.365 e. The van der Waals surface area contributed by atoms with Crippen molar-refractivity contribution in [3.8, 4) is 0 Å². The van der Waals surface area contributed by atoms with Gasteiger partial charge < -0.3 is 9.64 Å². The molecule has 0 N–H and O–H groups in total. The minimum atomic E-state index is -0.278. The molecule has 0 spiro atoms. The summed E-state index contributed by atoms with van der Waals surface area (Å²) in [5.41, 5.74) is 11.4. The Morgan fingerprint density at radius 2 is 1.75 bits per heavy atom. The second kappa shape index (κ2) is 10.0. The summed E-state index contributed by atoms with van der Waals surface area (Å²) in [6.07, 6.45) is 10.6. The van der Waals surface area contributed by atoms with Gasteiger partial charge in [-0.1, -0.05) is 89.2 Å². The van der Waals surface area contributed by atoms with Gasteiger partial charge in [0, 0.05) is 46.7 Å². The summed E-state index contributed by atoms with van der Waals surface area (Å²) >= 11 is 0. The summed E-state index contributed by atoms with van der Waals surface area (Å²) in [6, 6.07) is 20.3. The van der Waals surface area contributed by atoms with Crippen LogP contribution in [-0.4, -0.2) is 24.5 Å². The van der Waals surface area contributed by atoms with Crippen molar-refractivity contribution in [1.29, 1.82) is 0 Å². The lowest BCUT2D eigenvalue weighted by atomic mass is 9.70. The van der Waals surface area contributed by atoms with Gasteiger partial charge in [0.05, 0.1) is 12.2 Å². The fourth-order valence-electron chi connectivity index (χ4n) is 8.97. The standard InChI is InChI=1S/C41H45NO2/c1-25-31-24-32-37(20-21-42-34-19-18-27-10-6-7-14-30(27)38(34)41(4,5)39(32)42)44-36(31)15-9-11-28-17-16-26(22-33(28)40(25,2)3)23-35(43)29-12-8-13-29/h6-7,10,14,16-19,22,24,29,36-37H,1,8-9,11-13,15,20-21,23H2,2-5H3. The summed E-state index contributed by atoms with van der Waals surface area (Å²) in [5, 5.41) is 2.66. The Balaban J connectivity index is 1.22. The highest BCUT2D eigenvalue weighted by molar-refractivity contribution is 5.95. The van der Waals surface area contributed by atoms with E-state index >= 15 is 0 Å². The number of ketones is 1. The van der Waals surface area contributed by atoms with E-state index in [1.54, 1.807) is 0 Å². The Labute approximate surface area is 262 Å². The molecule has 0 bridgehead atoms. The van der Waals surface area contributed by atoms with Gasteiger partial charge in [-0.15, -0.1) is 0 Å². The quantitative estimate of drug-likeness (QED) is 0.308. The topological polar surface area (TPSA) is 29.5 Å². The number of fused-ring (bicyclic) bond motifs is 8. The number of Topliss-reactive ketones (excluding diaryl/α,β-unsaturated/α-hetero) is 1. The van der Waals surface area contributed by atoms with E-state index in [4.69, 9.17) is 11.3 Å². The lowest BCUT2D eigenvalue weighted by Crippen LogP contribution is -2.42. The first-order valence-electron chi connectivity index (χ1n) is 16.9. The Morgan fingerprint density at radius 1 is 0.932 bits per heavy atom. The van der Waals surface area contributed by atoms with Crippen molar-refractivity contribution < 1.29 is 9.53 Å². The van der Waals surface area contributed by atoms with E-state index in [2.05, 4.69) is 93.3 Å². The third-order valence-electron chi connectivity index (χ3n) is 11.7. The molecule has 3 nitrogen and oxygen atoms in total. The molecule has 44 heavy (non-hydrogen) atoms. The summed E-state index contributed by atoms with van der Waals surface area (Å²) in [6.45, 7) is 15.3. The summed E-state index contributed by atoms with van der Waals surface area (Å²) < 4.78 is 7.10. The number of hydrogen-bond donors (Lipinski definition) is 0. The molecule has 3 aliphatic heterocycles. The number of ether oxygens (including phenoxy) is 1. The van der Waals surface area contributed by atoms with Gasteiger partial charge in [0.1, 0.15) is 5.78 Å². The van der Waals surface area contributed by atoms with Gasteiger partial charge in [0.25, 0.3) is 0 Å². The Hall–Kier alpha value is -3.43. The molecule has 0 saturated heterocycles. The van der Waals surface area contributed by atoms with Gasteiger partial charge in [0.15, 0.2) is 0 Å². The zero-order valence-electron chi connectivity index (χ0n) is 26.8. The number of allylic oxidation sites excluding steroid dienone is 1. The maximum atomic E-state index is 12.9. The predicted octanol–water partition coefficient (Wildman–Crippen LogP) is 9.07. The van der Waals surface area contributed by atoms with Gasteiger partial charge in [-0.3, -0.25) is 4.79 Å². The van der Waals surface area contributed by atoms with Crippen LogP contribution in [0.4, 0.5) is 5.69 Å². The second-order valence-electron chi connectivity index (χ2n) is 15.0. The average Bonchev–Trinajstić information content (AvgIpc) is 3.23. The molecule has 0 amide bonds. The van der Waals surface area contributed by atoms with Crippen LogP contribution in [0, 0.1) is 5.92 Å². The maximum Gasteiger partial charge on any atom is 0.140 e. The molecule has 3 heteroatoms. The summed E-state index contributed by atoms with van der Waals surface area (Å²) in [7, 11) is 0. The van der Waals surface area contributed by atoms with E-state index in [0.29, 0.717) is 12.2 Å². The molecule has 8 rings (SSSR count). The Bertz CT molecular complexity index is 1780. The molecule has 1 fully saturated rings. The van der Waals surface area contributed by atoms with E-state index in [1.807, 2.05) is 0 Å². The van der Waals surface area contributed by atoms with Crippen molar-refractivity contribution in [1.82, 2.24) is 0 Å². The van der Waals surface area contributed by atoms with Crippen molar-refractivity contribution in [3.05, 3.63) is 112 Å². The smallest absolute Gasteiger partial charge is 0.140 e. The van der Waals surface area contributed by atoms with Crippen molar-refractivity contribution in [3.63, 3.8) is 0 Å². The monoisotopic (exact) mass is 583 g/mol. The number of nitrogens with zero attached hydrogens (tertiary/aromatic N) is 1. The molecule has 3 heterocycles. The molecule has 1 saturated carbocycles. The SMILES string of the molecule is C=C1C2=CC3=C4N(CCC3OC2CCCc2ccc(CC(=O)C3CCC3)cc2C1(C)C)c1ccc2ccccc2c1C4(C)C. The van der Waals surface area contributed by atoms with Crippen LogP contribution in [0.5, 0.6) is 0 Å². The van der Waals surface area contributed by atoms with Crippen LogP contribution in [0.25, 0.3) is 10.8 Å². The van der Waals surface area contributed by atoms with Crippen LogP contribution in [0.1, 0.15) is 88.5 Å². The lowest BCUT2D eigenvalue weighted by molar-refractivity contribution is -0.124. The van der Waals surface area contributed by atoms with Gasteiger partial charge in [-0.05, 0) is 94.8 Å². The second-order valence-corrected chi connectivity index (χ2v) is 15.0. The Kier molecular flexibility index (Phi) is 6.41. The zero-order valence-corrected chi connectivity index (χ0v) is 26.8. The molecule has 226 valence electrons. The van der Waals surface area contributed by atoms with Crippen LogP contribution in [-0.2, 0) is 33.2 Å². The number of anilines is 1. The van der Waals surface area contributed by atoms with E-state index in [0.717, 1.165) is 56.2 Å². The van der Waals surface area contributed by atoms with Crippen molar-refractivity contribution in [2.45, 2.75) is 102 Å². The van der Waals surface area contributed by atoms with Crippen LogP contribution < -0.4 is 4.90 Å². The maximum absolute atomic E-state index is 12.9. The molecular formula is C41H45NO2. The number of aryl methyl sites for hydroxylation is 1. The highest BCUT2D eigenvalue weighted by Crippen LogP contribution is 2.55. The van der Waals surface area contributed by atoms with E-state index in [-0.39, 0.29) is 29.0 Å². The van der Waals surface area contributed by atoms with Crippen LogP contribution >= 0.6 is 0 Å². The number of rotatable bonds is 3. The van der Waals surface area contributed by atoms with E-state index in [1.165, 1.54) is 56.4 Å². The van der Waals surface area contributed by atoms with Gasteiger partial charge in [-0.2, -0.15) is 0 Å². The highest BCUT2D eigenvalue weighted by Gasteiger charge is 2.48. The zero-order chi connectivity index (χ0) is 30.4. The number of carbonyl (C=O) groups excluding carboxylic acids is 1. The molecule has 3 aromatic rings. The van der Waals surface area contributed by atoms with Crippen molar-refractivity contribution in [2.75, 3.05) is 11.4 Å². The van der Waals surface area contributed by atoms with Gasteiger partial charge in [-0.25, -0.2) is 0 Å². The highest BCUT2D eigenvalue weighted by atomic mass is 16.5. The molecule has 3 aromatic carbocycles. The normalized spacial score (nSPS) is 25.4. The molecule has 2 aliphatic carbocycles. The van der Waals surface area contributed by atoms with Crippen LogP contribution in [0.3, 0.4) is 0 Å².